The number of methoxy groups -OCH3 is 1. The summed E-state index contributed by atoms with van der Waals surface area (Å²) in [5.41, 5.74) is 2.35. The number of ether oxygens (including phenoxy) is 1. The molecule has 1 aliphatic rings. The number of nitrogens with one attached hydrogen (secondary N) is 1. The number of hydrogen-bond donors (Lipinski definition) is 1. The van der Waals surface area contributed by atoms with Crippen LogP contribution in [0, 0.1) is 0 Å². The normalized spacial score (nSPS) is 14.8. The predicted molar refractivity (Wildman–Crippen MR) is 102 cm³/mol. The Bertz CT molecular complexity index is 866. The summed E-state index contributed by atoms with van der Waals surface area (Å²) in [4.78, 5) is 37.5. The van der Waals surface area contributed by atoms with Crippen LogP contribution < -0.4 is 10.2 Å². The summed E-state index contributed by atoms with van der Waals surface area (Å²) in [6.07, 6.45) is 1.56. The monoisotopic (exact) mass is 366 g/mol. The number of benzene rings is 2. The van der Waals surface area contributed by atoms with E-state index in [1.54, 1.807) is 11.8 Å². The van der Waals surface area contributed by atoms with Crippen LogP contribution in [0.2, 0.25) is 0 Å². The van der Waals surface area contributed by atoms with Crippen LogP contribution in [-0.4, -0.2) is 37.5 Å². The highest BCUT2D eigenvalue weighted by molar-refractivity contribution is 6.07. The molecule has 6 heteroatoms. The summed E-state index contributed by atoms with van der Waals surface area (Å²) >= 11 is 0. The number of esters is 1. The summed E-state index contributed by atoms with van der Waals surface area (Å²) in [6, 6.07) is 15.0. The van der Waals surface area contributed by atoms with Gasteiger partial charge in [0.1, 0.15) is 5.54 Å². The van der Waals surface area contributed by atoms with Gasteiger partial charge in [-0.05, 0) is 42.7 Å². The molecule has 0 bridgehead atoms. The molecule has 2 amide bonds. The number of carbonyl (C=O) groups excluding carboxylic acids is 3. The van der Waals surface area contributed by atoms with Crippen molar-refractivity contribution in [3.8, 4) is 0 Å². The quantitative estimate of drug-likeness (QED) is 0.628. The highest BCUT2D eigenvalue weighted by Crippen LogP contribution is 2.31. The van der Waals surface area contributed by atoms with Crippen LogP contribution in [0.5, 0.6) is 0 Å². The zero-order valence-corrected chi connectivity index (χ0v) is 15.4. The van der Waals surface area contributed by atoms with Gasteiger partial charge in [0.15, 0.2) is 0 Å². The van der Waals surface area contributed by atoms with Gasteiger partial charge in [0, 0.05) is 24.2 Å². The van der Waals surface area contributed by atoms with Gasteiger partial charge in [0.05, 0.1) is 7.11 Å². The second-order valence-corrected chi connectivity index (χ2v) is 6.80. The van der Waals surface area contributed by atoms with E-state index in [9.17, 15) is 14.4 Å². The number of fused-ring (bicyclic) bond motifs is 1. The van der Waals surface area contributed by atoms with Crippen molar-refractivity contribution in [3.05, 3.63) is 65.2 Å². The Kier molecular flexibility index (Phi) is 5.26. The summed E-state index contributed by atoms with van der Waals surface area (Å²) < 4.78 is 4.82. The third-order valence-electron chi connectivity index (χ3n) is 4.88. The van der Waals surface area contributed by atoms with Crippen molar-refractivity contribution in [1.82, 2.24) is 5.32 Å². The molecule has 1 aliphatic heterocycles. The standard InChI is InChI=1S/C21H22N2O4/c1-21(22-14-24,20(26)27-2)13-15-8-9-18-17(12-15)10-11-23(18)19(25)16-6-4-3-5-7-16/h3-9,12,14H,10-11,13H2,1-2H3,(H,22,24)/t21-/m0/s1. The first-order valence-electron chi connectivity index (χ1n) is 8.77. The maximum Gasteiger partial charge on any atom is 0.331 e. The van der Waals surface area contributed by atoms with Crippen LogP contribution in [0.3, 0.4) is 0 Å². The number of amides is 2. The van der Waals surface area contributed by atoms with Crippen molar-refractivity contribution in [2.45, 2.75) is 25.3 Å². The Morgan fingerprint density at radius 3 is 2.63 bits per heavy atom. The van der Waals surface area contributed by atoms with Gasteiger partial charge in [0.25, 0.3) is 5.91 Å². The van der Waals surface area contributed by atoms with Crippen LogP contribution in [0.4, 0.5) is 5.69 Å². The average molecular weight is 366 g/mol. The number of hydrogen-bond acceptors (Lipinski definition) is 4. The second kappa shape index (κ2) is 7.61. The van der Waals surface area contributed by atoms with E-state index >= 15 is 0 Å². The zero-order chi connectivity index (χ0) is 19.4. The fraction of sp³-hybridized carbons (Fsp3) is 0.286. The van der Waals surface area contributed by atoms with E-state index in [1.807, 2.05) is 48.5 Å². The summed E-state index contributed by atoms with van der Waals surface area (Å²) in [5.74, 6) is -0.528. The molecule has 1 N–H and O–H groups in total. The van der Waals surface area contributed by atoms with Gasteiger partial charge in [-0.1, -0.05) is 30.3 Å². The Morgan fingerprint density at radius 2 is 1.96 bits per heavy atom. The minimum Gasteiger partial charge on any atom is -0.467 e. The summed E-state index contributed by atoms with van der Waals surface area (Å²) in [6.45, 7) is 2.25. The summed E-state index contributed by atoms with van der Waals surface area (Å²) in [7, 11) is 1.29. The topological polar surface area (TPSA) is 75.7 Å². The fourth-order valence-electron chi connectivity index (χ4n) is 3.46. The molecule has 0 saturated heterocycles. The largest absolute Gasteiger partial charge is 0.467 e. The van der Waals surface area contributed by atoms with Gasteiger partial charge in [0.2, 0.25) is 6.41 Å². The van der Waals surface area contributed by atoms with Gasteiger partial charge in [-0.2, -0.15) is 0 Å². The van der Waals surface area contributed by atoms with Crippen LogP contribution in [0.1, 0.15) is 28.4 Å². The summed E-state index contributed by atoms with van der Waals surface area (Å²) in [5, 5.41) is 2.55. The molecule has 0 spiro atoms. The lowest BCUT2D eigenvalue weighted by Crippen LogP contribution is -2.51. The third-order valence-corrected chi connectivity index (χ3v) is 4.88. The van der Waals surface area contributed by atoms with Crippen LogP contribution >= 0.6 is 0 Å². The van der Waals surface area contributed by atoms with Crippen molar-refractivity contribution in [2.75, 3.05) is 18.6 Å². The molecule has 0 radical (unpaired) electrons. The molecule has 2 aromatic rings. The van der Waals surface area contributed by atoms with Gasteiger partial charge in [-0.25, -0.2) is 4.79 Å². The maximum absolute atomic E-state index is 12.8. The first-order valence-corrected chi connectivity index (χ1v) is 8.77. The number of nitrogens with zero attached hydrogens (tertiary/aromatic N) is 1. The molecule has 6 nitrogen and oxygen atoms in total. The van der Waals surface area contributed by atoms with E-state index < -0.39 is 11.5 Å². The predicted octanol–water partition coefficient (Wildman–Crippen LogP) is 2.11. The molecule has 0 unspecified atom stereocenters. The number of anilines is 1. The Balaban J connectivity index is 1.83. The van der Waals surface area contributed by atoms with Gasteiger partial charge < -0.3 is 15.0 Å². The molecule has 3 rings (SSSR count). The third kappa shape index (κ3) is 3.69. The lowest BCUT2D eigenvalue weighted by molar-refractivity contribution is -0.148. The van der Waals surface area contributed by atoms with Crippen LogP contribution in [-0.2, 0) is 27.2 Å². The van der Waals surface area contributed by atoms with Crippen LogP contribution in [0.15, 0.2) is 48.5 Å². The zero-order valence-electron chi connectivity index (χ0n) is 15.4. The molecule has 0 aromatic heterocycles. The first kappa shape index (κ1) is 18.6. The molecule has 0 saturated carbocycles. The Morgan fingerprint density at radius 1 is 1.22 bits per heavy atom. The molecule has 27 heavy (non-hydrogen) atoms. The van der Waals surface area contributed by atoms with E-state index in [0.717, 1.165) is 23.2 Å². The van der Waals surface area contributed by atoms with Crippen LogP contribution in [0.25, 0.3) is 0 Å². The van der Waals surface area contributed by atoms with Crippen molar-refractivity contribution < 1.29 is 19.1 Å². The van der Waals surface area contributed by atoms with Gasteiger partial charge >= 0.3 is 5.97 Å². The molecule has 2 aromatic carbocycles. The van der Waals surface area contributed by atoms with Crippen molar-refractivity contribution in [1.29, 1.82) is 0 Å². The smallest absolute Gasteiger partial charge is 0.331 e. The highest BCUT2D eigenvalue weighted by Gasteiger charge is 2.35. The van der Waals surface area contributed by atoms with Gasteiger partial charge in [-0.15, -0.1) is 0 Å². The van der Waals surface area contributed by atoms with E-state index in [1.165, 1.54) is 7.11 Å². The minimum absolute atomic E-state index is 0.0240. The Labute approximate surface area is 158 Å². The molecule has 0 aliphatic carbocycles. The van der Waals surface area contributed by atoms with Crippen molar-refractivity contribution >= 4 is 24.0 Å². The number of carbonyl (C=O) groups is 3. The Hall–Kier alpha value is -3.15. The average Bonchev–Trinajstić information content (AvgIpc) is 3.10. The highest BCUT2D eigenvalue weighted by atomic mass is 16.5. The van der Waals surface area contributed by atoms with E-state index in [2.05, 4.69) is 5.32 Å². The SMILES string of the molecule is COC(=O)[C@](C)(Cc1ccc2c(c1)CCN2C(=O)c1ccccc1)NC=O. The van der Waals surface area contributed by atoms with Crippen molar-refractivity contribution in [3.63, 3.8) is 0 Å². The van der Waals surface area contributed by atoms with E-state index in [-0.39, 0.29) is 5.91 Å². The van der Waals surface area contributed by atoms with Gasteiger partial charge in [-0.3, -0.25) is 9.59 Å². The first-order chi connectivity index (χ1) is 13.0. The second-order valence-electron chi connectivity index (χ2n) is 6.80. The molecular formula is C21H22N2O4. The number of rotatable bonds is 6. The molecule has 1 heterocycles. The lowest BCUT2D eigenvalue weighted by Gasteiger charge is -2.26. The molecule has 1 atom stereocenters. The van der Waals surface area contributed by atoms with E-state index in [4.69, 9.17) is 4.74 Å². The molecular weight excluding hydrogens is 344 g/mol. The fourth-order valence-corrected chi connectivity index (χ4v) is 3.46. The lowest BCUT2D eigenvalue weighted by atomic mass is 9.92. The van der Waals surface area contributed by atoms with E-state index in [0.29, 0.717) is 24.9 Å². The molecule has 140 valence electrons. The minimum atomic E-state index is -1.14. The van der Waals surface area contributed by atoms with Crippen molar-refractivity contribution in [2.24, 2.45) is 0 Å². The molecule has 0 fully saturated rings. The maximum atomic E-state index is 12.8.